The highest BCUT2D eigenvalue weighted by molar-refractivity contribution is 7.80. The zero-order valence-electron chi connectivity index (χ0n) is 16.8. The zero-order valence-corrected chi connectivity index (χ0v) is 18.4. The number of piperazine rings is 1. The molecule has 0 spiro atoms. The van der Waals surface area contributed by atoms with E-state index in [1.165, 1.54) is 12.8 Å². The third kappa shape index (κ3) is 4.43. The van der Waals surface area contributed by atoms with Gasteiger partial charge in [0.2, 0.25) is 5.91 Å². The summed E-state index contributed by atoms with van der Waals surface area (Å²) < 4.78 is 0. The monoisotopic (exact) mass is 411 g/mol. The molecule has 2 heterocycles. The van der Waals surface area contributed by atoms with E-state index in [9.17, 15) is 4.79 Å². The summed E-state index contributed by atoms with van der Waals surface area (Å²) in [5, 5.41) is 10.9. The van der Waals surface area contributed by atoms with Crippen molar-refractivity contribution >= 4 is 40.6 Å². The Morgan fingerprint density at radius 1 is 1.37 bits per heavy atom. The van der Waals surface area contributed by atoms with Gasteiger partial charge in [-0.2, -0.15) is 0 Å². The molecule has 2 aliphatic rings. The quantitative estimate of drug-likeness (QED) is 0.321. The molecule has 1 amide bonds. The molecule has 0 bridgehead atoms. The maximum absolute atomic E-state index is 12.1. The number of rotatable bonds is 8. The van der Waals surface area contributed by atoms with E-state index in [-0.39, 0.29) is 18.0 Å². The van der Waals surface area contributed by atoms with E-state index >= 15 is 0 Å². The minimum absolute atomic E-state index is 0.0563. The zero-order chi connectivity index (χ0) is 20.1. The lowest BCUT2D eigenvalue weighted by atomic mass is 9.78. The smallest absolute Gasteiger partial charge is 0.245 e. The van der Waals surface area contributed by atoms with E-state index in [4.69, 9.17) is 24.4 Å². The van der Waals surface area contributed by atoms with Crippen LogP contribution in [0.1, 0.15) is 52.9 Å². The van der Waals surface area contributed by atoms with Crippen molar-refractivity contribution in [1.29, 1.82) is 0 Å². The van der Waals surface area contributed by atoms with Gasteiger partial charge >= 0.3 is 0 Å². The molecule has 0 aromatic carbocycles. The van der Waals surface area contributed by atoms with E-state index < -0.39 is 5.66 Å². The van der Waals surface area contributed by atoms with Crippen LogP contribution >= 0.6 is 24.4 Å². The second-order valence-corrected chi connectivity index (χ2v) is 8.52. The molecule has 6 nitrogen and oxygen atoms in total. The Bertz CT molecular complexity index is 595. The number of hydrogen-bond donors (Lipinski definition) is 3. The standard InChI is InChI=1S/C19H33N5OS2/c1-5-7-8-9-10-19(24-14-15(25)22-17(24)27)18(3,4)21-12-13-23(19)16(26)20-11-6-2/h6,21H,2,5,7-14H2,1,3-4H3,(H,20,26)(H,22,25,27). The van der Waals surface area contributed by atoms with E-state index in [0.717, 1.165) is 32.4 Å². The second-order valence-electron chi connectivity index (χ2n) is 7.74. The first kappa shape index (κ1) is 22.0. The van der Waals surface area contributed by atoms with Gasteiger partial charge in [0.25, 0.3) is 0 Å². The van der Waals surface area contributed by atoms with Gasteiger partial charge in [-0.1, -0.05) is 32.3 Å². The summed E-state index contributed by atoms with van der Waals surface area (Å²) in [4.78, 5) is 16.4. The molecule has 2 saturated heterocycles. The summed E-state index contributed by atoms with van der Waals surface area (Å²) >= 11 is 11.3. The van der Waals surface area contributed by atoms with Gasteiger partial charge in [-0.25, -0.2) is 0 Å². The van der Waals surface area contributed by atoms with Crippen LogP contribution in [0.4, 0.5) is 0 Å². The molecule has 1 unspecified atom stereocenters. The Hall–Kier alpha value is -1.25. The van der Waals surface area contributed by atoms with Crippen molar-refractivity contribution in [3.8, 4) is 0 Å². The van der Waals surface area contributed by atoms with Crippen LogP contribution < -0.4 is 16.0 Å². The lowest BCUT2D eigenvalue weighted by Gasteiger charge is -2.61. The van der Waals surface area contributed by atoms with E-state index in [0.29, 0.717) is 16.8 Å². The molecule has 3 N–H and O–H groups in total. The Labute approximate surface area is 174 Å². The lowest BCUT2D eigenvalue weighted by molar-refractivity contribution is -0.122. The summed E-state index contributed by atoms with van der Waals surface area (Å²) in [6.45, 7) is 12.8. The van der Waals surface area contributed by atoms with Crippen molar-refractivity contribution in [2.75, 3.05) is 26.2 Å². The molecule has 0 aliphatic carbocycles. The molecule has 1 atom stereocenters. The molecule has 8 heteroatoms. The number of hydrogen-bond acceptors (Lipinski definition) is 4. The van der Waals surface area contributed by atoms with Crippen LogP contribution in [0.5, 0.6) is 0 Å². The molecular formula is C19H33N5OS2. The minimum atomic E-state index is -0.513. The first-order valence-corrected chi connectivity index (χ1v) is 10.6. The molecule has 2 fully saturated rings. The number of unbranched alkanes of at least 4 members (excludes halogenated alkanes) is 3. The first-order chi connectivity index (χ1) is 12.8. The molecule has 27 heavy (non-hydrogen) atoms. The van der Waals surface area contributed by atoms with Gasteiger partial charge in [0, 0.05) is 19.6 Å². The third-order valence-corrected chi connectivity index (χ3v) is 6.30. The minimum Gasteiger partial charge on any atom is -0.359 e. The molecular weight excluding hydrogens is 378 g/mol. The summed E-state index contributed by atoms with van der Waals surface area (Å²) in [6.07, 6.45) is 7.25. The fourth-order valence-corrected chi connectivity index (χ4v) is 4.93. The molecule has 152 valence electrons. The summed E-state index contributed by atoms with van der Waals surface area (Å²) in [5.41, 5.74) is -0.825. The highest BCUT2D eigenvalue weighted by Gasteiger charge is 2.58. The normalized spacial score (nSPS) is 24.7. The average Bonchev–Trinajstić information content (AvgIpc) is 2.95. The second kappa shape index (κ2) is 9.30. The highest BCUT2D eigenvalue weighted by Crippen LogP contribution is 2.40. The van der Waals surface area contributed by atoms with E-state index in [1.54, 1.807) is 6.08 Å². The van der Waals surface area contributed by atoms with Crippen molar-refractivity contribution < 1.29 is 4.79 Å². The number of nitrogens with one attached hydrogen (secondary N) is 3. The fraction of sp³-hybridized carbons (Fsp3) is 0.737. The van der Waals surface area contributed by atoms with E-state index in [2.05, 4.69) is 48.2 Å². The van der Waals surface area contributed by atoms with Gasteiger partial charge in [-0.15, -0.1) is 6.58 Å². The molecule has 2 rings (SSSR count). The van der Waals surface area contributed by atoms with Gasteiger partial charge in [-0.05, 0) is 51.1 Å². The van der Waals surface area contributed by atoms with Crippen LogP contribution in [-0.2, 0) is 4.79 Å². The SMILES string of the molecule is C=CCNC(=S)N1CCNC(C)(C)C1(CCCCCC)N1CC(=O)NC1=S. The van der Waals surface area contributed by atoms with Crippen molar-refractivity contribution in [3.63, 3.8) is 0 Å². The van der Waals surface area contributed by atoms with Crippen LogP contribution in [0.2, 0.25) is 0 Å². The Balaban J connectivity index is 2.44. The van der Waals surface area contributed by atoms with Gasteiger partial charge in [0.1, 0.15) is 12.2 Å². The molecule has 0 aromatic heterocycles. The lowest BCUT2D eigenvalue weighted by Crippen LogP contribution is -2.80. The van der Waals surface area contributed by atoms with Crippen molar-refractivity contribution in [2.45, 2.75) is 64.1 Å². The maximum atomic E-state index is 12.1. The third-order valence-electron chi connectivity index (χ3n) is 5.61. The van der Waals surface area contributed by atoms with Crippen molar-refractivity contribution in [1.82, 2.24) is 25.8 Å². The molecule has 0 radical (unpaired) electrons. The van der Waals surface area contributed by atoms with Gasteiger partial charge < -0.3 is 25.8 Å². The molecule has 0 aromatic rings. The van der Waals surface area contributed by atoms with Crippen molar-refractivity contribution in [3.05, 3.63) is 12.7 Å². The number of nitrogens with zero attached hydrogens (tertiary/aromatic N) is 2. The first-order valence-electron chi connectivity index (χ1n) is 9.83. The Morgan fingerprint density at radius 3 is 2.70 bits per heavy atom. The topological polar surface area (TPSA) is 59.6 Å². The highest BCUT2D eigenvalue weighted by atomic mass is 32.1. The van der Waals surface area contributed by atoms with Crippen LogP contribution in [0.3, 0.4) is 0 Å². The average molecular weight is 412 g/mol. The van der Waals surface area contributed by atoms with Crippen molar-refractivity contribution in [2.24, 2.45) is 0 Å². The number of thiocarbonyl (C=S) groups is 2. The number of amides is 1. The summed E-state index contributed by atoms with van der Waals surface area (Å²) in [7, 11) is 0. The predicted molar refractivity (Wildman–Crippen MR) is 119 cm³/mol. The van der Waals surface area contributed by atoms with Gasteiger partial charge in [0.15, 0.2) is 10.2 Å². The van der Waals surface area contributed by atoms with Crippen LogP contribution in [0.15, 0.2) is 12.7 Å². The predicted octanol–water partition coefficient (Wildman–Crippen LogP) is 2.11. The molecule has 2 aliphatic heterocycles. The molecule has 0 saturated carbocycles. The summed E-state index contributed by atoms with van der Waals surface area (Å²) in [6, 6.07) is 0. The Morgan fingerprint density at radius 2 is 2.11 bits per heavy atom. The van der Waals surface area contributed by atoms with Crippen LogP contribution in [-0.4, -0.2) is 63.3 Å². The Kier molecular flexibility index (Phi) is 7.59. The van der Waals surface area contributed by atoms with Crippen LogP contribution in [0, 0.1) is 0 Å². The fourth-order valence-electron chi connectivity index (χ4n) is 4.27. The van der Waals surface area contributed by atoms with Gasteiger partial charge in [-0.3, -0.25) is 4.79 Å². The van der Waals surface area contributed by atoms with E-state index in [1.807, 2.05) is 4.90 Å². The maximum Gasteiger partial charge on any atom is 0.245 e. The number of carbonyl (C=O) groups is 1. The van der Waals surface area contributed by atoms with Crippen LogP contribution in [0.25, 0.3) is 0 Å². The largest absolute Gasteiger partial charge is 0.359 e. The summed E-state index contributed by atoms with van der Waals surface area (Å²) in [5.74, 6) is -0.0563. The van der Waals surface area contributed by atoms with Gasteiger partial charge in [0.05, 0.1) is 5.54 Å². The number of carbonyl (C=O) groups excluding carboxylic acids is 1.